The van der Waals surface area contributed by atoms with Crippen molar-refractivity contribution >= 4 is 25.7 Å². The molecule has 7 heteroatoms. The molecule has 4 atom stereocenters. The summed E-state index contributed by atoms with van der Waals surface area (Å²) in [6, 6.07) is 13.7. The molecular weight excluding hydrogens is 425 g/mol. The molecule has 0 aliphatic carbocycles. The van der Waals surface area contributed by atoms with Gasteiger partial charge >= 0.3 is 0 Å². The summed E-state index contributed by atoms with van der Waals surface area (Å²) in [5.41, 5.74) is 3.37. The minimum Gasteiger partial charge on any atom is -0.490 e. The number of aliphatic hydroxyl groups is 1. The van der Waals surface area contributed by atoms with Gasteiger partial charge in [-0.15, -0.1) is 0 Å². The number of aryl methyl sites for hydroxylation is 1. The number of halogens is 1. The van der Waals surface area contributed by atoms with Gasteiger partial charge in [0.25, 0.3) is 0 Å². The Kier molecular flexibility index (Phi) is 6.43. The third-order valence-corrected chi connectivity index (χ3v) is 9.26. The van der Waals surface area contributed by atoms with Crippen LogP contribution in [0.3, 0.4) is 0 Å². The quantitative estimate of drug-likeness (QED) is 0.472. The van der Waals surface area contributed by atoms with Gasteiger partial charge in [0.1, 0.15) is 11.9 Å². The summed E-state index contributed by atoms with van der Waals surface area (Å²) in [7, 11) is -1.43. The van der Waals surface area contributed by atoms with Crippen LogP contribution in [0.5, 0.6) is 5.75 Å². The maximum Gasteiger partial charge on any atom is 0.247 e. The lowest BCUT2D eigenvalue weighted by molar-refractivity contribution is -0.118. The van der Waals surface area contributed by atoms with E-state index in [9.17, 15) is 9.90 Å². The predicted octanol–water partition coefficient (Wildman–Crippen LogP) is 5.31. The lowest BCUT2D eigenvalue weighted by Gasteiger charge is -2.43. The molecule has 1 amide bonds. The van der Waals surface area contributed by atoms with Gasteiger partial charge in [-0.25, -0.2) is 0 Å². The number of benzene rings is 2. The van der Waals surface area contributed by atoms with Crippen LogP contribution in [-0.2, 0) is 16.0 Å². The Morgan fingerprint density at radius 1 is 1.25 bits per heavy atom. The maximum absolute atomic E-state index is 15.2. The fourth-order valence-corrected chi connectivity index (χ4v) is 7.22. The zero-order valence-corrected chi connectivity index (χ0v) is 20.2. The van der Waals surface area contributed by atoms with Crippen LogP contribution in [0.4, 0.5) is 15.5 Å². The van der Waals surface area contributed by atoms with Crippen molar-refractivity contribution < 1.29 is 23.5 Å². The molecule has 2 aliphatic heterocycles. The van der Waals surface area contributed by atoms with Gasteiger partial charge in [0, 0.05) is 42.8 Å². The molecule has 4 rings (SSSR count). The largest absolute Gasteiger partial charge is 0.490 e. The Bertz CT molecular complexity index is 992. The number of anilines is 2. The van der Waals surface area contributed by atoms with Crippen LogP contribution in [0.15, 0.2) is 42.5 Å². The van der Waals surface area contributed by atoms with Crippen molar-refractivity contribution in [1.82, 2.24) is 0 Å². The molecular formula is C25H32FNO4Si. The number of carbonyl (C=O) groups excluding carboxylic acids is 1. The number of fused-ring (bicyclic) bond motifs is 2. The SMILES string of the molecule is CO[C@H]1c2cc(N3C(=O)CCc4ccccc43)ccc2O[C@@H](C(CCO)[Si](C)(C)F)[C@@H]1C. The highest BCUT2D eigenvalue weighted by Crippen LogP contribution is 2.48. The molecule has 0 radical (unpaired) electrons. The summed E-state index contributed by atoms with van der Waals surface area (Å²) in [6.07, 6.45) is 0.906. The van der Waals surface area contributed by atoms with Crippen molar-refractivity contribution in [3.8, 4) is 5.75 Å². The molecule has 1 unspecified atom stereocenters. The Hall–Kier alpha value is -2.22. The molecule has 0 fully saturated rings. The minimum absolute atomic E-state index is 0.0634. The van der Waals surface area contributed by atoms with Crippen LogP contribution in [0.25, 0.3) is 0 Å². The first-order chi connectivity index (χ1) is 15.3. The topological polar surface area (TPSA) is 59.0 Å². The Morgan fingerprint density at radius 2 is 2.00 bits per heavy atom. The number of para-hydroxylation sites is 1. The fourth-order valence-electron chi connectivity index (χ4n) is 5.25. The summed E-state index contributed by atoms with van der Waals surface area (Å²) < 4.78 is 27.4. The van der Waals surface area contributed by atoms with E-state index in [1.807, 2.05) is 43.3 Å². The molecule has 5 nitrogen and oxygen atoms in total. The highest BCUT2D eigenvalue weighted by molar-refractivity contribution is 6.72. The molecule has 2 aliphatic rings. The number of hydrogen-bond donors (Lipinski definition) is 1. The normalized spacial score (nSPS) is 23.9. The molecule has 0 spiro atoms. The molecule has 2 heterocycles. The van der Waals surface area contributed by atoms with Crippen molar-refractivity contribution in [3.63, 3.8) is 0 Å². The van der Waals surface area contributed by atoms with E-state index in [-0.39, 0.29) is 36.2 Å². The zero-order chi connectivity index (χ0) is 23.0. The number of rotatable bonds is 6. The van der Waals surface area contributed by atoms with E-state index in [1.165, 1.54) is 0 Å². The molecule has 0 bridgehead atoms. The van der Waals surface area contributed by atoms with Crippen LogP contribution in [0.2, 0.25) is 18.6 Å². The van der Waals surface area contributed by atoms with Crippen LogP contribution in [0.1, 0.15) is 37.0 Å². The summed E-state index contributed by atoms with van der Waals surface area (Å²) >= 11 is 0. The first-order valence-electron chi connectivity index (χ1n) is 11.3. The molecule has 0 saturated heterocycles. The van der Waals surface area contributed by atoms with Crippen molar-refractivity contribution in [2.24, 2.45) is 5.92 Å². The number of aliphatic hydroxyl groups excluding tert-OH is 1. The smallest absolute Gasteiger partial charge is 0.247 e. The van der Waals surface area contributed by atoms with Crippen molar-refractivity contribution in [2.75, 3.05) is 18.6 Å². The number of nitrogens with zero attached hydrogens (tertiary/aromatic N) is 1. The van der Waals surface area contributed by atoms with E-state index in [2.05, 4.69) is 6.07 Å². The molecule has 2 aromatic carbocycles. The van der Waals surface area contributed by atoms with E-state index in [0.29, 0.717) is 18.6 Å². The second-order valence-electron chi connectivity index (χ2n) is 9.36. The second-order valence-corrected chi connectivity index (χ2v) is 13.2. The third kappa shape index (κ3) is 4.09. The first kappa shape index (κ1) is 23.0. The number of ether oxygens (including phenoxy) is 2. The fraction of sp³-hybridized carbons (Fsp3) is 0.480. The van der Waals surface area contributed by atoms with Gasteiger partial charge in [-0.3, -0.25) is 9.69 Å². The molecule has 0 saturated carbocycles. The monoisotopic (exact) mass is 457 g/mol. The number of amides is 1. The van der Waals surface area contributed by atoms with Crippen LogP contribution in [-0.4, -0.2) is 39.2 Å². The minimum atomic E-state index is -3.08. The van der Waals surface area contributed by atoms with Gasteiger partial charge in [-0.05, 0) is 55.8 Å². The van der Waals surface area contributed by atoms with Crippen LogP contribution < -0.4 is 9.64 Å². The van der Waals surface area contributed by atoms with E-state index < -0.39 is 8.41 Å². The van der Waals surface area contributed by atoms with Gasteiger partial charge in [0.15, 0.2) is 0 Å². The standard InChI is InChI=1S/C25H32FNO4Si/c1-16-24(30-2)19-15-18(27-20-8-6-5-7-17(20)9-12-23(27)29)10-11-21(19)31-25(16)22(13-14-28)32(3,4)26/h5-8,10-11,15-16,22,24-25,28H,9,12-14H2,1-4H3/t16-,22?,24-,25-/m1/s1. The highest BCUT2D eigenvalue weighted by Gasteiger charge is 2.47. The zero-order valence-electron chi connectivity index (χ0n) is 19.2. The highest BCUT2D eigenvalue weighted by atomic mass is 28.4. The molecule has 32 heavy (non-hydrogen) atoms. The summed E-state index contributed by atoms with van der Waals surface area (Å²) in [5, 5.41) is 9.55. The van der Waals surface area contributed by atoms with Crippen LogP contribution >= 0.6 is 0 Å². The summed E-state index contributed by atoms with van der Waals surface area (Å²) in [5.74, 6) is 0.613. The molecule has 172 valence electrons. The Morgan fingerprint density at radius 3 is 2.69 bits per heavy atom. The molecule has 1 N–H and O–H groups in total. The van der Waals surface area contributed by atoms with Crippen LogP contribution in [0, 0.1) is 5.92 Å². The Balaban J connectivity index is 1.73. The third-order valence-electron chi connectivity index (χ3n) is 6.88. The lowest BCUT2D eigenvalue weighted by atomic mass is 9.86. The van der Waals surface area contributed by atoms with E-state index in [0.717, 1.165) is 28.9 Å². The Labute approximate surface area is 190 Å². The predicted molar refractivity (Wildman–Crippen MR) is 126 cm³/mol. The average molecular weight is 458 g/mol. The lowest BCUT2D eigenvalue weighted by Crippen LogP contribution is -2.46. The molecule has 0 aromatic heterocycles. The number of methoxy groups -OCH3 is 1. The second kappa shape index (κ2) is 8.96. The van der Waals surface area contributed by atoms with E-state index in [1.54, 1.807) is 25.1 Å². The van der Waals surface area contributed by atoms with Gasteiger partial charge in [-0.1, -0.05) is 25.1 Å². The van der Waals surface area contributed by atoms with Gasteiger partial charge < -0.3 is 18.7 Å². The maximum atomic E-state index is 15.2. The summed E-state index contributed by atoms with van der Waals surface area (Å²) in [4.78, 5) is 14.6. The van der Waals surface area contributed by atoms with Gasteiger partial charge in [-0.2, -0.15) is 0 Å². The average Bonchev–Trinajstić information content (AvgIpc) is 2.76. The first-order valence-corrected chi connectivity index (χ1v) is 14.3. The van der Waals surface area contributed by atoms with Crippen molar-refractivity contribution in [3.05, 3.63) is 53.6 Å². The summed E-state index contributed by atoms with van der Waals surface area (Å²) in [6.45, 7) is 5.28. The molecule has 2 aromatic rings. The van der Waals surface area contributed by atoms with E-state index in [4.69, 9.17) is 9.47 Å². The van der Waals surface area contributed by atoms with Crippen molar-refractivity contribution in [2.45, 2.75) is 57.0 Å². The van der Waals surface area contributed by atoms with Crippen molar-refractivity contribution in [1.29, 1.82) is 0 Å². The van der Waals surface area contributed by atoms with Gasteiger partial charge in [0.2, 0.25) is 14.3 Å². The number of carbonyl (C=O) groups is 1. The number of hydrogen-bond acceptors (Lipinski definition) is 4. The van der Waals surface area contributed by atoms with E-state index >= 15 is 4.11 Å². The van der Waals surface area contributed by atoms with Gasteiger partial charge in [0.05, 0.1) is 11.8 Å².